The third kappa shape index (κ3) is 9.50. The van der Waals surface area contributed by atoms with Crippen molar-refractivity contribution in [1.82, 2.24) is 16.1 Å². The second-order valence-electron chi connectivity index (χ2n) is 10.4. The van der Waals surface area contributed by atoms with Crippen molar-refractivity contribution in [2.75, 3.05) is 19.8 Å². The second kappa shape index (κ2) is 17.5. The highest BCUT2D eigenvalue weighted by atomic mass is 35.5. The van der Waals surface area contributed by atoms with Gasteiger partial charge in [0.25, 0.3) is 5.91 Å². The topological polar surface area (TPSA) is 120 Å². The van der Waals surface area contributed by atoms with Crippen LogP contribution in [0, 0.1) is 0 Å². The molecular formula is C35H36Cl2N4O6S. The fraction of sp³-hybridized carbons (Fsp3) is 0.257. The van der Waals surface area contributed by atoms with Gasteiger partial charge in [0.2, 0.25) is 0 Å². The molecule has 0 unspecified atom stereocenters. The van der Waals surface area contributed by atoms with Crippen LogP contribution in [0.15, 0.2) is 83.6 Å². The average molecular weight is 712 g/mol. The average Bonchev–Trinajstić information content (AvgIpc) is 3.04. The van der Waals surface area contributed by atoms with Gasteiger partial charge >= 0.3 is 5.97 Å². The number of hydrogen-bond donors (Lipinski definition) is 3. The molecule has 1 aliphatic heterocycles. The van der Waals surface area contributed by atoms with Crippen LogP contribution < -0.4 is 30.3 Å². The van der Waals surface area contributed by atoms with E-state index in [1.165, 1.54) is 6.21 Å². The zero-order valence-corrected chi connectivity index (χ0v) is 29.1. The largest absolute Gasteiger partial charge is 0.490 e. The summed E-state index contributed by atoms with van der Waals surface area (Å²) in [5, 5.41) is 11.6. The number of rotatable bonds is 15. The van der Waals surface area contributed by atoms with Crippen LogP contribution in [0.5, 0.6) is 17.2 Å². The standard InChI is InChI=1S/C35H36Cl2N4O6S/c1-5-10-23-15-22(16-29(44-6-2)33(23)47-19-24-13-14-25(36)17-27(24)37)18-38-41-30(42)20-46-28-12-9-8-11-26(28)32-31(34(43)45-7-3)21(4)39-35(48)40-32/h5,8-9,11-18,32H,1,6-7,10,19-20H2,2-4H3,(H,41,42)(H2,39,40,48)/t32-/m1/s1. The molecule has 252 valence electrons. The van der Waals surface area contributed by atoms with Crippen LogP contribution in [-0.4, -0.2) is 43.0 Å². The summed E-state index contributed by atoms with van der Waals surface area (Å²) >= 11 is 17.7. The number of carbonyl (C=O) groups excluding carboxylic acids is 2. The van der Waals surface area contributed by atoms with E-state index in [2.05, 4.69) is 27.7 Å². The number of hydrogen-bond acceptors (Lipinski definition) is 8. The molecule has 48 heavy (non-hydrogen) atoms. The first-order valence-electron chi connectivity index (χ1n) is 15.1. The monoisotopic (exact) mass is 710 g/mol. The first kappa shape index (κ1) is 36.3. The van der Waals surface area contributed by atoms with E-state index in [9.17, 15) is 9.59 Å². The minimum Gasteiger partial charge on any atom is -0.490 e. The third-order valence-corrected chi connectivity index (χ3v) is 7.77. The molecule has 0 aromatic heterocycles. The number of hydrazone groups is 1. The molecule has 3 aromatic carbocycles. The summed E-state index contributed by atoms with van der Waals surface area (Å²) in [4.78, 5) is 25.6. The number of benzene rings is 3. The quantitative estimate of drug-likeness (QED) is 0.0528. The third-order valence-electron chi connectivity index (χ3n) is 6.96. The van der Waals surface area contributed by atoms with E-state index in [4.69, 9.17) is 54.4 Å². The molecule has 1 aliphatic rings. The number of para-hydroxylation sites is 1. The van der Waals surface area contributed by atoms with Crippen molar-refractivity contribution in [3.05, 3.63) is 111 Å². The van der Waals surface area contributed by atoms with Crippen LogP contribution in [0.4, 0.5) is 0 Å². The fourth-order valence-electron chi connectivity index (χ4n) is 4.89. The molecule has 10 nitrogen and oxygen atoms in total. The van der Waals surface area contributed by atoms with Gasteiger partial charge in [-0.2, -0.15) is 5.10 Å². The molecule has 4 rings (SSSR count). The molecule has 1 heterocycles. The minimum atomic E-state index is -0.644. The van der Waals surface area contributed by atoms with E-state index in [0.717, 1.165) is 11.1 Å². The Bertz CT molecular complexity index is 1750. The van der Waals surface area contributed by atoms with Gasteiger partial charge in [-0.25, -0.2) is 10.2 Å². The molecule has 3 N–H and O–H groups in total. The van der Waals surface area contributed by atoms with Crippen LogP contribution in [0.2, 0.25) is 10.0 Å². The van der Waals surface area contributed by atoms with Gasteiger partial charge in [-0.15, -0.1) is 6.58 Å². The zero-order chi connectivity index (χ0) is 34.6. The van der Waals surface area contributed by atoms with Crippen molar-refractivity contribution in [3.63, 3.8) is 0 Å². The normalized spacial score (nSPS) is 14.2. The highest BCUT2D eigenvalue weighted by Crippen LogP contribution is 2.36. The predicted molar refractivity (Wildman–Crippen MR) is 191 cm³/mol. The molecule has 1 atom stereocenters. The van der Waals surface area contributed by atoms with Crippen molar-refractivity contribution in [3.8, 4) is 17.2 Å². The molecule has 0 fully saturated rings. The maximum absolute atomic E-state index is 12.8. The number of carbonyl (C=O) groups is 2. The van der Waals surface area contributed by atoms with Gasteiger partial charge in [-0.05, 0) is 75.3 Å². The molecule has 0 spiro atoms. The molecule has 13 heteroatoms. The minimum absolute atomic E-state index is 0.202. The molecular weight excluding hydrogens is 675 g/mol. The van der Waals surface area contributed by atoms with Crippen LogP contribution in [0.25, 0.3) is 0 Å². The van der Waals surface area contributed by atoms with Crippen LogP contribution in [-0.2, 0) is 27.4 Å². The van der Waals surface area contributed by atoms with Gasteiger partial charge in [0.1, 0.15) is 12.4 Å². The van der Waals surface area contributed by atoms with Crippen LogP contribution in [0.1, 0.15) is 49.1 Å². The Morgan fingerprint density at radius 2 is 1.81 bits per heavy atom. The Morgan fingerprint density at radius 1 is 1.02 bits per heavy atom. The first-order chi connectivity index (χ1) is 23.1. The number of halogens is 2. The van der Waals surface area contributed by atoms with Crippen molar-refractivity contribution in [1.29, 1.82) is 0 Å². The predicted octanol–water partition coefficient (Wildman–Crippen LogP) is 6.58. The summed E-state index contributed by atoms with van der Waals surface area (Å²) in [6.45, 7) is 9.69. The van der Waals surface area contributed by atoms with Crippen LogP contribution >= 0.6 is 35.4 Å². The SMILES string of the molecule is C=CCc1cc(C=NNC(=O)COc2ccccc2[C@H]2NC(=S)NC(C)=C2C(=O)OCC)cc(OCC)c1OCc1ccc(Cl)cc1Cl. The Morgan fingerprint density at radius 3 is 2.54 bits per heavy atom. The maximum atomic E-state index is 12.8. The first-order valence-corrected chi connectivity index (χ1v) is 16.3. The smallest absolute Gasteiger partial charge is 0.338 e. The van der Waals surface area contributed by atoms with E-state index in [-0.39, 0.29) is 19.8 Å². The fourth-order valence-corrected chi connectivity index (χ4v) is 5.63. The number of esters is 1. The van der Waals surface area contributed by atoms with Crippen molar-refractivity contribution < 1.29 is 28.5 Å². The molecule has 0 saturated carbocycles. The molecule has 0 saturated heterocycles. The molecule has 1 amide bonds. The summed E-state index contributed by atoms with van der Waals surface area (Å²) < 4.78 is 23.2. The molecule has 3 aromatic rings. The van der Waals surface area contributed by atoms with Gasteiger partial charge in [0.15, 0.2) is 23.2 Å². The van der Waals surface area contributed by atoms with Crippen LogP contribution in [0.3, 0.4) is 0 Å². The van der Waals surface area contributed by atoms with Gasteiger partial charge in [-0.3, -0.25) is 4.79 Å². The Labute approximate surface area is 295 Å². The van der Waals surface area contributed by atoms with Crippen molar-refractivity contribution >= 4 is 58.6 Å². The van der Waals surface area contributed by atoms with Gasteiger partial charge < -0.3 is 29.6 Å². The Kier molecular flexibility index (Phi) is 13.2. The summed E-state index contributed by atoms with van der Waals surface area (Å²) in [6.07, 6.45) is 3.75. The summed E-state index contributed by atoms with van der Waals surface area (Å²) in [5.74, 6) is 0.463. The highest BCUT2D eigenvalue weighted by molar-refractivity contribution is 7.80. The number of amides is 1. The molecule has 0 aliphatic carbocycles. The number of thiocarbonyl (C=S) groups is 1. The second-order valence-corrected chi connectivity index (χ2v) is 11.6. The summed E-state index contributed by atoms with van der Waals surface area (Å²) in [7, 11) is 0. The van der Waals surface area contributed by atoms with E-state index in [1.54, 1.807) is 62.4 Å². The van der Waals surface area contributed by atoms with E-state index < -0.39 is 17.9 Å². The van der Waals surface area contributed by atoms with Crippen molar-refractivity contribution in [2.45, 2.75) is 39.8 Å². The summed E-state index contributed by atoms with van der Waals surface area (Å²) in [6, 6.07) is 15.3. The lowest BCUT2D eigenvalue weighted by molar-refractivity contribution is -0.139. The number of nitrogens with one attached hydrogen (secondary N) is 3. The number of ether oxygens (including phenoxy) is 4. The lowest BCUT2D eigenvalue weighted by Crippen LogP contribution is -2.45. The number of allylic oxidation sites excluding steroid dienone is 2. The van der Waals surface area contributed by atoms with E-state index in [0.29, 0.717) is 67.8 Å². The maximum Gasteiger partial charge on any atom is 0.338 e. The molecule has 0 bridgehead atoms. The number of nitrogens with zero attached hydrogens (tertiary/aromatic N) is 1. The Balaban J connectivity index is 1.46. The molecule has 0 radical (unpaired) electrons. The highest BCUT2D eigenvalue weighted by Gasteiger charge is 2.32. The zero-order valence-electron chi connectivity index (χ0n) is 26.7. The summed E-state index contributed by atoms with van der Waals surface area (Å²) in [5.41, 5.74) is 6.28. The van der Waals surface area contributed by atoms with E-state index in [1.807, 2.05) is 19.1 Å². The lowest BCUT2D eigenvalue weighted by atomic mass is 9.95. The van der Waals surface area contributed by atoms with Gasteiger partial charge in [0, 0.05) is 32.4 Å². The van der Waals surface area contributed by atoms with E-state index >= 15 is 0 Å². The Hall–Kier alpha value is -4.58. The lowest BCUT2D eigenvalue weighted by Gasteiger charge is -2.30. The van der Waals surface area contributed by atoms with Gasteiger partial charge in [0.05, 0.1) is 31.0 Å². The van der Waals surface area contributed by atoms with Gasteiger partial charge in [-0.1, -0.05) is 53.5 Å². The van der Waals surface area contributed by atoms with Crippen molar-refractivity contribution in [2.24, 2.45) is 5.10 Å².